The van der Waals surface area contributed by atoms with Gasteiger partial charge in [-0.2, -0.15) is 0 Å². The normalized spacial score (nSPS) is 30.7. The standard InChI is InChI=1S/C52H72F2N2O5/c1-4-5-6-11-21-51(23-24-51)48(58)61-38-29-41-39(43(53)31-38)27-35-17-16-34(18-22-49(41,2)46(35)55)14-9-7-8-13-25-59-26-19-45(57)60-37-28-42-40(44(54)30-37)33-52-32-36(52)15-10-12-20-50(42,3)47(52)56/h28-31,34-36,46,56H,4-27,32-33,55H2,1-3H3/t34?,35-,36?,46-,49+,50+,52?/m0/s1. The summed E-state index contributed by atoms with van der Waals surface area (Å²) < 4.78 is 48.8. The van der Waals surface area contributed by atoms with Gasteiger partial charge in [-0.15, -0.1) is 0 Å². The van der Waals surface area contributed by atoms with Crippen LogP contribution in [0.15, 0.2) is 24.3 Å². The molecule has 9 heteroatoms. The zero-order valence-electron chi connectivity index (χ0n) is 37.4. The number of nitrogens with two attached hydrogens (primary N) is 1. The van der Waals surface area contributed by atoms with Gasteiger partial charge in [-0.25, -0.2) is 8.78 Å². The van der Waals surface area contributed by atoms with Gasteiger partial charge in [0.05, 0.1) is 18.4 Å². The summed E-state index contributed by atoms with van der Waals surface area (Å²) in [7, 11) is 0. The summed E-state index contributed by atoms with van der Waals surface area (Å²) in [4.78, 5) is 26.1. The third-order valence-electron chi connectivity index (χ3n) is 16.9. The van der Waals surface area contributed by atoms with E-state index in [-0.39, 0.29) is 64.6 Å². The number of hydrogen-bond donors (Lipinski definition) is 2. The summed E-state index contributed by atoms with van der Waals surface area (Å²) in [6, 6.07) is 6.50. The van der Waals surface area contributed by atoms with Gasteiger partial charge in [-0.1, -0.05) is 91.4 Å². The van der Waals surface area contributed by atoms with E-state index >= 15 is 8.78 Å². The van der Waals surface area contributed by atoms with Crippen LogP contribution in [0.25, 0.3) is 0 Å². The molecular weight excluding hydrogens is 771 g/mol. The first kappa shape index (κ1) is 44.4. The fourth-order valence-electron chi connectivity index (χ4n) is 12.5. The molecule has 4 fully saturated rings. The van der Waals surface area contributed by atoms with Gasteiger partial charge in [-0.05, 0) is 129 Å². The second-order valence-electron chi connectivity index (χ2n) is 21.0. The Morgan fingerprint density at radius 2 is 1.54 bits per heavy atom. The van der Waals surface area contributed by atoms with Crippen LogP contribution in [0.5, 0.6) is 11.5 Å². The highest BCUT2D eigenvalue weighted by atomic mass is 19.1. The molecule has 61 heavy (non-hydrogen) atoms. The number of ether oxygens (including phenoxy) is 3. The Balaban J connectivity index is 0.751. The minimum absolute atomic E-state index is 0.0627. The van der Waals surface area contributed by atoms with Crippen molar-refractivity contribution in [3.63, 3.8) is 0 Å². The molecule has 334 valence electrons. The van der Waals surface area contributed by atoms with Crippen molar-refractivity contribution in [2.24, 2.45) is 34.3 Å². The molecule has 0 saturated heterocycles. The molecular formula is C52H72F2N2O5. The lowest BCUT2D eigenvalue weighted by Crippen LogP contribution is -2.53. The Kier molecular flexibility index (Phi) is 13.2. The molecule has 7 atom stereocenters. The molecule has 0 heterocycles. The second-order valence-corrected chi connectivity index (χ2v) is 21.0. The summed E-state index contributed by atoms with van der Waals surface area (Å²) >= 11 is 0. The highest BCUT2D eigenvalue weighted by Crippen LogP contribution is 2.65. The van der Waals surface area contributed by atoms with Crippen LogP contribution in [0, 0.1) is 45.6 Å². The number of rotatable bonds is 18. The van der Waals surface area contributed by atoms with Gasteiger partial charge in [0.15, 0.2) is 0 Å². The summed E-state index contributed by atoms with van der Waals surface area (Å²) in [6.07, 6.45) is 23.0. The highest BCUT2D eigenvalue weighted by molar-refractivity contribution is 6.01. The van der Waals surface area contributed by atoms with E-state index in [0.717, 1.165) is 151 Å². The summed E-state index contributed by atoms with van der Waals surface area (Å²) in [5, 5.41) is 9.18. The molecule has 2 aromatic rings. The number of nitrogens with one attached hydrogen (secondary N) is 1. The van der Waals surface area contributed by atoms with E-state index in [1.54, 1.807) is 0 Å². The maximum Gasteiger partial charge on any atom is 0.317 e. The molecule has 0 aromatic heterocycles. The molecule has 4 bridgehead atoms. The topological polar surface area (TPSA) is 112 Å². The largest absolute Gasteiger partial charge is 0.426 e. The van der Waals surface area contributed by atoms with Crippen LogP contribution in [0.3, 0.4) is 0 Å². The minimum atomic E-state index is -0.512. The van der Waals surface area contributed by atoms with Crippen molar-refractivity contribution in [3.8, 4) is 11.5 Å². The van der Waals surface area contributed by atoms with Crippen LogP contribution in [0.1, 0.15) is 184 Å². The second kappa shape index (κ2) is 18.1. The van der Waals surface area contributed by atoms with Crippen LogP contribution < -0.4 is 15.2 Å². The van der Waals surface area contributed by atoms with Gasteiger partial charge >= 0.3 is 11.9 Å². The van der Waals surface area contributed by atoms with Crippen LogP contribution in [0.4, 0.5) is 8.78 Å². The molecule has 6 aliphatic rings. The third-order valence-corrected chi connectivity index (χ3v) is 16.9. The lowest BCUT2D eigenvalue weighted by Gasteiger charge is -2.48. The highest BCUT2D eigenvalue weighted by Gasteiger charge is 2.64. The van der Waals surface area contributed by atoms with Crippen molar-refractivity contribution in [3.05, 3.63) is 58.2 Å². The fourth-order valence-corrected chi connectivity index (χ4v) is 12.5. The van der Waals surface area contributed by atoms with E-state index < -0.39 is 11.4 Å². The van der Waals surface area contributed by atoms with Gasteiger partial charge in [0, 0.05) is 46.7 Å². The first-order valence-corrected chi connectivity index (χ1v) is 24.3. The molecule has 2 aromatic carbocycles. The quantitative estimate of drug-likeness (QED) is 0.0878. The number of unbranched alkanes of at least 4 members (excludes halogenated alkanes) is 6. The molecule has 0 radical (unpaired) electrons. The van der Waals surface area contributed by atoms with Crippen molar-refractivity contribution in [2.75, 3.05) is 13.2 Å². The van der Waals surface area contributed by atoms with Gasteiger partial charge in [0.25, 0.3) is 0 Å². The van der Waals surface area contributed by atoms with Crippen LogP contribution in [-0.4, -0.2) is 36.9 Å². The zero-order chi connectivity index (χ0) is 43.0. The number of halogens is 2. The Morgan fingerprint density at radius 1 is 0.803 bits per heavy atom. The number of carbonyl (C=O) groups is 2. The Labute approximate surface area is 363 Å². The Hall–Kier alpha value is -3.17. The number of fused-ring (bicyclic) bond motifs is 7. The first-order chi connectivity index (χ1) is 29.3. The molecule has 8 rings (SSSR count). The van der Waals surface area contributed by atoms with Crippen LogP contribution in [-0.2, 0) is 38.0 Å². The van der Waals surface area contributed by atoms with Gasteiger partial charge in [-0.3, -0.25) is 9.59 Å². The monoisotopic (exact) mass is 843 g/mol. The predicted molar refractivity (Wildman–Crippen MR) is 235 cm³/mol. The van der Waals surface area contributed by atoms with Gasteiger partial charge in [0.2, 0.25) is 0 Å². The average Bonchev–Trinajstić information content (AvgIpc) is 4.16. The third kappa shape index (κ3) is 8.99. The summed E-state index contributed by atoms with van der Waals surface area (Å²) in [5.41, 5.74) is 9.58. The smallest absolute Gasteiger partial charge is 0.317 e. The lowest BCUT2D eigenvalue weighted by atomic mass is 9.58. The van der Waals surface area contributed by atoms with Crippen molar-refractivity contribution in [1.29, 1.82) is 5.41 Å². The Bertz CT molecular complexity index is 1960. The predicted octanol–water partition coefficient (Wildman–Crippen LogP) is 11.9. The van der Waals surface area contributed by atoms with Crippen molar-refractivity contribution in [2.45, 2.75) is 192 Å². The summed E-state index contributed by atoms with van der Waals surface area (Å²) in [6.45, 7) is 7.33. The number of esters is 2. The number of carbonyl (C=O) groups excluding carboxylic acids is 2. The van der Waals surface area contributed by atoms with E-state index in [2.05, 4.69) is 20.8 Å². The molecule has 0 aliphatic heterocycles. The zero-order valence-corrected chi connectivity index (χ0v) is 37.4. The summed E-state index contributed by atoms with van der Waals surface area (Å²) in [5.74, 6) is 0.679. The SMILES string of the molecule is CCCCCCC1(C(=O)Oc2cc(F)c3c(c2)[C@@]2(C)CCC(CCCCCCOCCC(=O)Oc4cc(F)c5c(c4)[C@@]4(C)CCCCC6CC6(C5)C4=N)CC[C@@H](C3)[C@@H]2N)CC1. The molecule has 1 spiro atoms. The first-order valence-electron chi connectivity index (χ1n) is 24.3. The van der Waals surface area contributed by atoms with E-state index in [0.29, 0.717) is 42.6 Å². The average molecular weight is 843 g/mol. The van der Waals surface area contributed by atoms with E-state index in [1.807, 2.05) is 12.1 Å². The number of hydrogen-bond acceptors (Lipinski definition) is 7. The molecule has 4 saturated carbocycles. The van der Waals surface area contributed by atoms with E-state index in [4.69, 9.17) is 19.9 Å². The number of benzene rings is 2. The fraction of sp³-hybridized carbons (Fsp3) is 0.712. The van der Waals surface area contributed by atoms with Crippen LogP contribution >= 0.6 is 0 Å². The van der Waals surface area contributed by atoms with Gasteiger partial charge in [0.1, 0.15) is 23.1 Å². The maximum atomic E-state index is 15.8. The van der Waals surface area contributed by atoms with Gasteiger partial charge < -0.3 is 25.4 Å². The van der Waals surface area contributed by atoms with E-state index in [1.165, 1.54) is 18.6 Å². The molecule has 0 amide bonds. The lowest BCUT2D eigenvalue weighted by molar-refractivity contribution is -0.141. The molecule has 3 unspecified atom stereocenters. The minimum Gasteiger partial charge on any atom is -0.426 e. The molecule has 7 nitrogen and oxygen atoms in total. The van der Waals surface area contributed by atoms with Crippen molar-refractivity contribution < 1.29 is 32.6 Å². The van der Waals surface area contributed by atoms with Crippen LogP contribution in [0.2, 0.25) is 0 Å². The van der Waals surface area contributed by atoms with Crippen molar-refractivity contribution in [1.82, 2.24) is 0 Å². The molecule has 6 aliphatic carbocycles. The van der Waals surface area contributed by atoms with E-state index in [9.17, 15) is 15.0 Å². The molecule has 3 N–H and O–H groups in total. The maximum absolute atomic E-state index is 15.8. The van der Waals surface area contributed by atoms with Crippen molar-refractivity contribution >= 4 is 17.7 Å². The Morgan fingerprint density at radius 3 is 2.33 bits per heavy atom.